The van der Waals surface area contributed by atoms with E-state index in [-0.39, 0.29) is 11.8 Å². The Hall–Kier alpha value is -1.43. The van der Waals surface area contributed by atoms with Gasteiger partial charge in [0.1, 0.15) is 0 Å². The third-order valence-electron chi connectivity index (χ3n) is 6.39. The average Bonchev–Trinajstić information content (AvgIpc) is 3.51. The molecule has 6 heteroatoms. The number of hydrogen-bond acceptors (Lipinski definition) is 3. The average molecular weight is 361 g/mol. The molecule has 1 aliphatic heterocycles. The minimum atomic E-state index is -1.62. The monoisotopic (exact) mass is 361 g/mol. The van der Waals surface area contributed by atoms with Gasteiger partial charge in [-0.1, -0.05) is 0 Å². The molecule has 3 saturated carbocycles. The van der Waals surface area contributed by atoms with Crippen LogP contribution in [0.4, 0.5) is 4.39 Å². The lowest BCUT2D eigenvalue weighted by Crippen LogP contribution is -2.52. The summed E-state index contributed by atoms with van der Waals surface area (Å²) in [6.07, 6.45) is 8.74. The first-order valence-corrected chi connectivity index (χ1v) is 10.2. The van der Waals surface area contributed by atoms with Crippen molar-refractivity contribution in [2.24, 2.45) is 11.8 Å². The van der Waals surface area contributed by atoms with Crippen LogP contribution in [0.3, 0.4) is 0 Å². The molecule has 142 valence electrons. The van der Waals surface area contributed by atoms with Crippen molar-refractivity contribution in [2.75, 3.05) is 19.8 Å². The molecule has 1 aromatic rings. The predicted octanol–water partition coefficient (Wildman–Crippen LogP) is 3.04. The summed E-state index contributed by atoms with van der Waals surface area (Å²) in [5, 5.41) is 4.82. The number of carbonyl (C=O) groups is 1. The number of nitrogens with zero attached hydrogens (tertiary/aromatic N) is 3. The molecule has 0 saturated heterocycles. The fourth-order valence-corrected chi connectivity index (χ4v) is 4.16. The number of fused-ring (bicyclic) bond motifs is 1. The van der Waals surface area contributed by atoms with Crippen molar-refractivity contribution in [2.45, 2.75) is 69.6 Å². The number of hydrogen-bond donors (Lipinski definition) is 0. The molecule has 5 nitrogen and oxygen atoms in total. The van der Waals surface area contributed by atoms with E-state index in [2.05, 4.69) is 6.20 Å². The molecule has 1 atom stereocenters. The summed E-state index contributed by atoms with van der Waals surface area (Å²) in [5.41, 5.74) is 0.515. The van der Waals surface area contributed by atoms with Gasteiger partial charge in [-0.3, -0.25) is 9.48 Å². The van der Waals surface area contributed by atoms with Crippen LogP contribution < -0.4 is 0 Å². The smallest absolute Gasteiger partial charge is 0.260 e. The van der Waals surface area contributed by atoms with Crippen molar-refractivity contribution in [1.82, 2.24) is 14.7 Å². The van der Waals surface area contributed by atoms with Gasteiger partial charge in [-0.15, -0.1) is 0 Å². The van der Waals surface area contributed by atoms with E-state index in [1.54, 1.807) is 4.90 Å². The molecule has 1 aromatic heterocycles. The molecule has 2 heterocycles. The van der Waals surface area contributed by atoms with Gasteiger partial charge in [0.25, 0.3) is 5.91 Å². The first-order valence-electron chi connectivity index (χ1n) is 10.2. The van der Waals surface area contributed by atoms with Gasteiger partial charge in [-0.2, -0.15) is 5.10 Å². The first kappa shape index (κ1) is 16.7. The molecule has 0 bridgehead atoms. The molecule has 5 rings (SSSR count). The fourth-order valence-electron chi connectivity index (χ4n) is 4.16. The van der Waals surface area contributed by atoms with E-state index in [1.807, 2.05) is 4.68 Å². The SMILES string of the molecule is O=C(N1Cc2cn(CC3CC3)nc2[C@H](COCC2CC2)C1)C1(F)CCC1. The molecule has 26 heavy (non-hydrogen) atoms. The zero-order valence-electron chi connectivity index (χ0n) is 15.3. The maximum absolute atomic E-state index is 14.7. The van der Waals surface area contributed by atoms with Crippen LogP contribution in [0.25, 0.3) is 0 Å². The van der Waals surface area contributed by atoms with Crippen LogP contribution in [-0.2, 0) is 22.6 Å². The van der Waals surface area contributed by atoms with Crippen molar-refractivity contribution < 1.29 is 13.9 Å². The zero-order chi connectivity index (χ0) is 17.7. The number of halogens is 1. The van der Waals surface area contributed by atoms with Crippen molar-refractivity contribution >= 4 is 5.91 Å². The summed E-state index contributed by atoms with van der Waals surface area (Å²) >= 11 is 0. The Morgan fingerprint density at radius 1 is 1.23 bits per heavy atom. The molecule has 3 aliphatic carbocycles. The molecule has 0 unspecified atom stereocenters. The summed E-state index contributed by atoms with van der Waals surface area (Å²) in [6, 6.07) is 0. The van der Waals surface area contributed by atoms with Crippen molar-refractivity contribution in [3.63, 3.8) is 0 Å². The van der Waals surface area contributed by atoms with E-state index in [4.69, 9.17) is 9.84 Å². The van der Waals surface area contributed by atoms with Gasteiger partial charge in [0.05, 0.1) is 12.3 Å². The van der Waals surface area contributed by atoms with Gasteiger partial charge in [-0.25, -0.2) is 4.39 Å². The normalized spacial score (nSPS) is 27.1. The molecular formula is C20H28FN3O2. The van der Waals surface area contributed by atoms with Gasteiger partial charge in [-0.05, 0) is 56.8 Å². The van der Waals surface area contributed by atoms with Crippen molar-refractivity contribution in [1.29, 1.82) is 0 Å². The van der Waals surface area contributed by atoms with Gasteiger partial charge < -0.3 is 9.64 Å². The second-order valence-electron chi connectivity index (χ2n) is 8.89. The summed E-state index contributed by atoms with van der Waals surface area (Å²) in [4.78, 5) is 14.4. The van der Waals surface area contributed by atoms with Gasteiger partial charge in [0.2, 0.25) is 0 Å². The van der Waals surface area contributed by atoms with Crippen molar-refractivity contribution in [3.8, 4) is 0 Å². The highest BCUT2D eigenvalue weighted by molar-refractivity contribution is 5.86. The second kappa shape index (κ2) is 6.32. The second-order valence-corrected chi connectivity index (χ2v) is 8.89. The van der Waals surface area contributed by atoms with E-state index < -0.39 is 5.67 Å². The first-order chi connectivity index (χ1) is 12.6. The third-order valence-corrected chi connectivity index (χ3v) is 6.39. The summed E-state index contributed by atoms with van der Waals surface area (Å²) in [5.74, 6) is 1.21. The summed E-state index contributed by atoms with van der Waals surface area (Å²) in [7, 11) is 0. The van der Waals surface area contributed by atoms with Crippen LogP contribution in [0.2, 0.25) is 0 Å². The largest absolute Gasteiger partial charge is 0.380 e. The highest BCUT2D eigenvalue weighted by Crippen LogP contribution is 2.40. The van der Waals surface area contributed by atoms with Gasteiger partial charge in [0.15, 0.2) is 5.67 Å². The van der Waals surface area contributed by atoms with Gasteiger partial charge in [0, 0.05) is 43.9 Å². The summed E-state index contributed by atoms with van der Waals surface area (Å²) < 4.78 is 22.7. The van der Waals surface area contributed by atoms with Crippen LogP contribution in [0.1, 0.15) is 62.1 Å². The maximum atomic E-state index is 14.7. The van der Waals surface area contributed by atoms with E-state index in [0.29, 0.717) is 38.5 Å². The molecular weight excluding hydrogens is 333 g/mol. The van der Waals surface area contributed by atoms with E-state index >= 15 is 0 Å². The lowest BCUT2D eigenvalue weighted by atomic mass is 9.80. The Morgan fingerprint density at radius 3 is 2.65 bits per heavy atom. The highest BCUT2D eigenvalue weighted by atomic mass is 19.1. The minimum Gasteiger partial charge on any atom is -0.380 e. The molecule has 0 spiro atoms. The van der Waals surface area contributed by atoms with Gasteiger partial charge >= 0.3 is 0 Å². The number of carbonyl (C=O) groups excluding carboxylic acids is 1. The van der Waals surface area contributed by atoms with Crippen LogP contribution in [-0.4, -0.2) is 46.0 Å². The standard InChI is InChI=1S/C20H28FN3O2/c21-20(6-1-7-20)19(25)23-9-16-11-24(8-14-2-3-14)22-18(16)17(10-23)13-26-12-15-4-5-15/h11,14-15,17H,1-10,12-13H2/t17-/m0/s1. The topological polar surface area (TPSA) is 47.4 Å². The zero-order valence-corrected chi connectivity index (χ0v) is 15.3. The van der Waals surface area contributed by atoms with Crippen LogP contribution in [0, 0.1) is 11.8 Å². The highest BCUT2D eigenvalue weighted by Gasteiger charge is 2.48. The van der Waals surface area contributed by atoms with Crippen LogP contribution in [0.5, 0.6) is 0 Å². The molecule has 0 radical (unpaired) electrons. The molecule has 4 aliphatic rings. The van der Waals surface area contributed by atoms with Crippen LogP contribution in [0.15, 0.2) is 6.20 Å². The maximum Gasteiger partial charge on any atom is 0.260 e. The number of ether oxygens (including phenoxy) is 1. The Balaban J connectivity index is 1.33. The molecule has 3 fully saturated rings. The number of alkyl halides is 1. The lowest BCUT2D eigenvalue weighted by molar-refractivity contribution is -0.151. The summed E-state index contributed by atoms with van der Waals surface area (Å²) in [6.45, 7) is 3.36. The molecule has 0 aromatic carbocycles. The third kappa shape index (κ3) is 3.28. The number of amides is 1. The number of aromatic nitrogens is 2. The van der Waals surface area contributed by atoms with E-state index in [0.717, 1.165) is 36.7 Å². The Kier molecular flexibility index (Phi) is 4.07. The fraction of sp³-hybridized carbons (Fsp3) is 0.800. The minimum absolute atomic E-state index is 0.0607. The quantitative estimate of drug-likeness (QED) is 0.750. The lowest BCUT2D eigenvalue weighted by Gasteiger charge is -2.40. The molecule has 0 N–H and O–H groups in total. The van der Waals surface area contributed by atoms with E-state index in [9.17, 15) is 9.18 Å². The van der Waals surface area contributed by atoms with Crippen molar-refractivity contribution in [3.05, 3.63) is 17.5 Å². The predicted molar refractivity (Wildman–Crippen MR) is 94.3 cm³/mol. The molecule has 1 amide bonds. The Morgan fingerprint density at radius 2 is 2.00 bits per heavy atom. The van der Waals surface area contributed by atoms with Crippen LogP contribution >= 0.6 is 0 Å². The van der Waals surface area contributed by atoms with E-state index in [1.165, 1.54) is 25.7 Å². The Bertz CT molecular complexity index is 691. The number of rotatable bonds is 7. The Labute approximate surface area is 153 Å².